The summed E-state index contributed by atoms with van der Waals surface area (Å²) in [5.74, 6) is -0.515. The van der Waals surface area contributed by atoms with Gasteiger partial charge in [-0.1, -0.05) is 41.9 Å². The smallest absolute Gasteiger partial charge is 0.368 e. The highest BCUT2D eigenvalue weighted by atomic mass is 35.5. The molecular formula is C21H22ClF3N2O2. The van der Waals surface area contributed by atoms with Gasteiger partial charge in [0.1, 0.15) is 0 Å². The minimum atomic E-state index is -4.62. The summed E-state index contributed by atoms with van der Waals surface area (Å²) in [5.41, 5.74) is -0.281. The predicted octanol–water partition coefficient (Wildman–Crippen LogP) is 5.15. The number of rotatable bonds is 4. The third kappa shape index (κ3) is 5.29. The van der Waals surface area contributed by atoms with Crippen LogP contribution in [0.1, 0.15) is 31.1 Å². The number of hydrogen-bond acceptors (Lipinski definition) is 3. The van der Waals surface area contributed by atoms with Crippen LogP contribution in [0.15, 0.2) is 48.5 Å². The van der Waals surface area contributed by atoms with E-state index in [4.69, 9.17) is 16.3 Å². The SMILES string of the molecule is CC1CN(C(C)C(=O)Nc2ccc(Cl)cc2C(F)(F)F)CC(c2ccccc2)O1. The maximum Gasteiger partial charge on any atom is 0.418 e. The van der Waals surface area contributed by atoms with Gasteiger partial charge in [-0.05, 0) is 37.6 Å². The highest BCUT2D eigenvalue weighted by molar-refractivity contribution is 6.30. The molecule has 4 nitrogen and oxygen atoms in total. The molecule has 29 heavy (non-hydrogen) atoms. The first kappa shape index (κ1) is 21.6. The average Bonchev–Trinajstić information content (AvgIpc) is 2.68. The van der Waals surface area contributed by atoms with E-state index >= 15 is 0 Å². The van der Waals surface area contributed by atoms with E-state index in [0.717, 1.165) is 11.6 Å². The number of benzene rings is 2. The van der Waals surface area contributed by atoms with Gasteiger partial charge in [0.15, 0.2) is 0 Å². The lowest BCUT2D eigenvalue weighted by Gasteiger charge is -2.39. The first-order valence-electron chi connectivity index (χ1n) is 9.27. The Kier molecular flexibility index (Phi) is 6.51. The summed E-state index contributed by atoms with van der Waals surface area (Å²) in [7, 11) is 0. The summed E-state index contributed by atoms with van der Waals surface area (Å²) in [5, 5.41) is 2.37. The van der Waals surface area contributed by atoms with E-state index in [-0.39, 0.29) is 22.9 Å². The molecule has 3 unspecified atom stereocenters. The van der Waals surface area contributed by atoms with Crippen LogP contribution in [0.5, 0.6) is 0 Å². The Balaban J connectivity index is 1.75. The first-order chi connectivity index (χ1) is 13.6. The third-order valence-corrected chi connectivity index (χ3v) is 5.17. The summed E-state index contributed by atoms with van der Waals surface area (Å²) in [6.45, 7) is 4.56. The van der Waals surface area contributed by atoms with E-state index in [0.29, 0.717) is 13.1 Å². The highest BCUT2D eigenvalue weighted by Gasteiger charge is 2.36. The maximum atomic E-state index is 13.3. The van der Waals surface area contributed by atoms with Crippen LogP contribution < -0.4 is 5.32 Å². The van der Waals surface area contributed by atoms with E-state index in [9.17, 15) is 18.0 Å². The molecule has 3 rings (SSSR count). The van der Waals surface area contributed by atoms with Crippen molar-refractivity contribution in [3.8, 4) is 0 Å². The quantitative estimate of drug-likeness (QED) is 0.735. The maximum absolute atomic E-state index is 13.3. The minimum absolute atomic E-state index is 0.0453. The fourth-order valence-corrected chi connectivity index (χ4v) is 3.59. The molecule has 2 aromatic carbocycles. The standard InChI is InChI=1S/C21H22ClF3N2O2/c1-13-11-27(12-19(29-13)15-6-4-3-5-7-15)14(2)20(28)26-18-9-8-16(22)10-17(18)21(23,24)25/h3-10,13-14,19H,11-12H2,1-2H3,(H,26,28). The monoisotopic (exact) mass is 426 g/mol. The molecule has 8 heteroatoms. The number of ether oxygens (including phenoxy) is 1. The van der Waals surface area contributed by atoms with Crippen molar-refractivity contribution in [2.45, 2.75) is 38.3 Å². The van der Waals surface area contributed by atoms with Crippen molar-refractivity contribution in [1.82, 2.24) is 4.90 Å². The van der Waals surface area contributed by atoms with E-state index in [1.165, 1.54) is 12.1 Å². The molecule has 1 N–H and O–H groups in total. The van der Waals surface area contributed by atoms with E-state index in [2.05, 4.69) is 5.32 Å². The zero-order valence-electron chi connectivity index (χ0n) is 16.0. The summed E-state index contributed by atoms with van der Waals surface area (Å²) in [6, 6.07) is 12.3. The van der Waals surface area contributed by atoms with Crippen LogP contribution in [0.2, 0.25) is 5.02 Å². The summed E-state index contributed by atoms with van der Waals surface area (Å²) in [6.07, 6.45) is -4.95. The van der Waals surface area contributed by atoms with Crippen molar-refractivity contribution in [2.24, 2.45) is 0 Å². The second-order valence-corrected chi connectivity index (χ2v) is 7.59. The van der Waals surface area contributed by atoms with E-state index in [1.54, 1.807) is 6.92 Å². The molecule has 1 aliphatic heterocycles. The largest absolute Gasteiger partial charge is 0.418 e. The molecule has 1 saturated heterocycles. The lowest BCUT2D eigenvalue weighted by Crippen LogP contribution is -2.51. The predicted molar refractivity (Wildman–Crippen MR) is 106 cm³/mol. The number of alkyl halides is 3. The summed E-state index contributed by atoms with van der Waals surface area (Å²) < 4.78 is 45.9. The lowest BCUT2D eigenvalue weighted by atomic mass is 10.0. The molecule has 156 valence electrons. The van der Waals surface area contributed by atoms with Gasteiger partial charge in [-0.3, -0.25) is 9.69 Å². The first-order valence-corrected chi connectivity index (χ1v) is 9.65. The van der Waals surface area contributed by atoms with Crippen LogP contribution in [0, 0.1) is 0 Å². The van der Waals surface area contributed by atoms with Crippen molar-refractivity contribution in [2.75, 3.05) is 18.4 Å². The number of nitrogens with one attached hydrogen (secondary N) is 1. The highest BCUT2D eigenvalue weighted by Crippen LogP contribution is 2.36. The topological polar surface area (TPSA) is 41.6 Å². The van der Waals surface area contributed by atoms with Gasteiger partial charge in [0.05, 0.1) is 29.5 Å². The molecule has 3 atom stereocenters. The van der Waals surface area contributed by atoms with Crippen LogP contribution in [-0.2, 0) is 15.7 Å². The van der Waals surface area contributed by atoms with Crippen LogP contribution in [0.3, 0.4) is 0 Å². The summed E-state index contributed by atoms with van der Waals surface area (Å²) in [4.78, 5) is 14.7. The Hall–Kier alpha value is -2.09. The number of carbonyl (C=O) groups excluding carboxylic acids is 1. The zero-order valence-corrected chi connectivity index (χ0v) is 16.8. The number of morpholine rings is 1. The molecule has 0 aliphatic carbocycles. The zero-order chi connectivity index (χ0) is 21.2. The van der Waals surface area contributed by atoms with Crippen molar-refractivity contribution in [3.05, 3.63) is 64.7 Å². The van der Waals surface area contributed by atoms with Gasteiger partial charge < -0.3 is 10.1 Å². The molecule has 0 radical (unpaired) electrons. The van der Waals surface area contributed by atoms with Gasteiger partial charge in [-0.15, -0.1) is 0 Å². The van der Waals surface area contributed by atoms with Gasteiger partial charge in [0.25, 0.3) is 0 Å². The molecule has 0 aromatic heterocycles. The second kappa shape index (κ2) is 8.73. The van der Waals surface area contributed by atoms with Crippen LogP contribution in [0.25, 0.3) is 0 Å². The molecular weight excluding hydrogens is 405 g/mol. The van der Waals surface area contributed by atoms with Crippen LogP contribution in [0.4, 0.5) is 18.9 Å². The number of anilines is 1. The molecule has 2 aromatic rings. The van der Waals surface area contributed by atoms with E-state index in [1.807, 2.05) is 42.2 Å². The second-order valence-electron chi connectivity index (χ2n) is 7.15. The van der Waals surface area contributed by atoms with Crippen molar-refractivity contribution >= 4 is 23.2 Å². The number of carbonyl (C=O) groups is 1. The molecule has 1 amide bonds. The fraction of sp³-hybridized carbons (Fsp3) is 0.381. The van der Waals surface area contributed by atoms with Crippen LogP contribution in [-0.4, -0.2) is 36.0 Å². The molecule has 1 fully saturated rings. The number of halogens is 4. The van der Waals surface area contributed by atoms with Crippen LogP contribution >= 0.6 is 11.6 Å². The van der Waals surface area contributed by atoms with Gasteiger partial charge in [0, 0.05) is 18.1 Å². The van der Waals surface area contributed by atoms with Gasteiger partial charge in [0.2, 0.25) is 5.91 Å². The summed E-state index contributed by atoms with van der Waals surface area (Å²) >= 11 is 5.70. The fourth-order valence-electron chi connectivity index (χ4n) is 3.42. The molecule has 1 aliphatic rings. The normalized spacial score (nSPS) is 21.6. The van der Waals surface area contributed by atoms with Crippen molar-refractivity contribution in [3.63, 3.8) is 0 Å². The van der Waals surface area contributed by atoms with Gasteiger partial charge >= 0.3 is 6.18 Å². The van der Waals surface area contributed by atoms with Crippen molar-refractivity contribution < 1.29 is 22.7 Å². The Morgan fingerprint density at radius 3 is 2.55 bits per heavy atom. The molecule has 0 spiro atoms. The molecule has 1 heterocycles. The number of hydrogen-bond donors (Lipinski definition) is 1. The molecule has 0 saturated carbocycles. The van der Waals surface area contributed by atoms with E-state index < -0.39 is 23.7 Å². The Morgan fingerprint density at radius 1 is 1.21 bits per heavy atom. The lowest BCUT2D eigenvalue weighted by molar-refractivity contribution is -0.137. The Morgan fingerprint density at radius 2 is 1.90 bits per heavy atom. The number of nitrogens with zero attached hydrogens (tertiary/aromatic N) is 1. The van der Waals surface area contributed by atoms with Crippen molar-refractivity contribution in [1.29, 1.82) is 0 Å². The van der Waals surface area contributed by atoms with Gasteiger partial charge in [-0.25, -0.2) is 0 Å². The number of amides is 1. The Bertz CT molecular complexity index is 861. The average molecular weight is 427 g/mol. The molecule has 0 bridgehead atoms. The minimum Gasteiger partial charge on any atom is -0.368 e. The third-order valence-electron chi connectivity index (χ3n) is 4.93. The van der Waals surface area contributed by atoms with Gasteiger partial charge in [-0.2, -0.15) is 13.2 Å². The Labute approximate surface area is 172 Å².